The van der Waals surface area contributed by atoms with Crippen molar-refractivity contribution in [2.75, 3.05) is 0 Å². The van der Waals surface area contributed by atoms with Gasteiger partial charge >= 0.3 is 0 Å². The Labute approximate surface area is 82.7 Å². The highest BCUT2D eigenvalue weighted by Gasteiger charge is 2.52. The second kappa shape index (κ2) is 3.05. The van der Waals surface area contributed by atoms with E-state index < -0.39 is 11.5 Å². The Morgan fingerprint density at radius 3 is 2.93 bits per heavy atom. The van der Waals surface area contributed by atoms with Gasteiger partial charge in [-0.2, -0.15) is 0 Å². The molecule has 1 amide bonds. The molecule has 3 unspecified atom stereocenters. The van der Waals surface area contributed by atoms with Crippen molar-refractivity contribution < 1.29 is 14.7 Å². The van der Waals surface area contributed by atoms with Crippen LogP contribution in [0, 0.1) is 5.92 Å². The van der Waals surface area contributed by atoms with Crippen LogP contribution in [0.4, 0.5) is 0 Å². The van der Waals surface area contributed by atoms with Crippen LogP contribution in [0.5, 0.6) is 0 Å². The molecule has 2 N–H and O–H groups in total. The van der Waals surface area contributed by atoms with E-state index in [1.54, 1.807) is 6.92 Å². The quantitative estimate of drug-likeness (QED) is 0.621. The Bertz CT molecular complexity index is 289. The van der Waals surface area contributed by atoms with Crippen molar-refractivity contribution >= 4 is 11.7 Å². The van der Waals surface area contributed by atoms with Gasteiger partial charge in [0.2, 0.25) is 0 Å². The van der Waals surface area contributed by atoms with Crippen LogP contribution in [-0.2, 0) is 9.59 Å². The van der Waals surface area contributed by atoms with Crippen LogP contribution < -0.4 is 5.32 Å². The summed E-state index contributed by atoms with van der Waals surface area (Å²) in [6, 6.07) is 0.0945. The van der Waals surface area contributed by atoms with E-state index in [0.717, 1.165) is 6.42 Å². The summed E-state index contributed by atoms with van der Waals surface area (Å²) in [4.78, 5) is 23.2. The number of hydrogen-bond donors (Lipinski definition) is 2. The number of aliphatic hydroxyl groups is 1. The largest absolute Gasteiger partial charge is 0.379 e. The fraction of sp³-hybridized carbons (Fsp3) is 0.800. The maximum Gasteiger partial charge on any atom is 0.252 e. The zero-order valence-electron chi connectivity index (χ0n) is 8.25. The third-order valence-electron chi connectivity index (χ3n) is 3.49. The van der Waals surface area contributed by atoms with E-state index in [-0.39, 0.29) is 17.7 Å². The number of Topliss-reactive ketones (excluding diaryl/α,β-unsaturated/α-hetero) is 1. The minimum atomic E-state index is -1.45. The van der Waals surface area contributed by atoms with Crippen molar-refractivity contribution in [3.8, 4) is 0 Å². The molecule has 1 aliphatic heterocycles. The van der Waals surface area contributed by atoms with Crippen LogP contribution >= 0.6 is 0 Å². The molecule has 1 saturated heterocycles. The van der Waals surface area contributed by atoms with Gasteiger partial charge < -0.3 is 10.4 Å². The minimum Gasteiger partial charge on any atom is -0.379 e. The molecule has 0 aromatic carbocycles. The van der Waals surface area contributed by atoms with Gasteiger partial charge in [0.05, 0.1) is 5.92 Å². The Morgan fingerprint density at radius 1 is 1.57 bits per heavy atom. The SMILES string of the molecule is CCC1(O)C(=O)NC2CCC(=O)C1C2. The summed E-state index contributed by atoms with van der Waals surface area (Å²) >= 11 is 0. The first-order valence-corrected chi connectivity index (χ1v) is 5.14. The second-order valence-electron chi connectivity index (χ2n) is 4.24. The molecule has 14 heavy (non-hydrogen) atoms. The maximum absolute atomic E-state index is 11.6. The van der Waals surface area contributed by atoms with Crippen LogP contribution in [0.3, 0.4) is 0 Å². The Hall–Kier alpha value is -0.900. The first-order valence-electron chi connectivity index (χ1n) is 5.14. The number of ketones is 1. The minimum absolute atomic E-state index is 0.0421. The van der Waals surface area contributed by atoms with Gasteiger partial charge in [-0.25, -0.2) is 0 Å². The van der Waals surface area contributed by atoms with Gasteiger partial charge in [-0.05, 0) is 19.3 Å². The van der Waals surface area contributed by atoms with Crippen molar-refractivity contribution in [1.82, 2.24) is 5.32 Å². The van der Waals surface area contributed by atoms with E-state index in [1.165, 1.54) is 0 Å². The van der Waals surface area contributed by atoms with Gasteiger partial charge in [0.15, 0.2) is 5.60 Å². The van der Waals surface area contributed by atoms with Gasteiger partial charge in [0, 0.05) is 12.5 Å². The molecule has 4 nitrogen and oxygen atoms in total. The first kappa shape index (κ1) is 9.65. The molecule has 4 heteroatoms. The molecule has 1 saturated carbocycles. The number of nitrogens with one attached hydrogen (secondary N) is 1. The molecule has 1 aliphatic carbocycles. The van der Waals surface area contributed by atoms with Crippen LogP contribution in [0.2, 0.25) is 0 Å². The average Bonchev–Trinajstić information content (AvgIpc) is 2.18. The average molecular weight is 197 g/mol. The number of carbonyl (C=O) groups is 2. The Balaban J connectivity index is 2.32. The second-order valence-corrected chi connectivity index (χ2v) is 4.24. The van der Waals surface area contributed by atoms with Gasteiger partial charge in [-0.3, -0.25) is 9.59 Å². The molecule has 3 atom stereocenters. The van der Waals surface area contributed by atoms with E-state index in [9.17, 15) is 14.7 Å². The molecule has 0 radical (unpaired) electrons. The molecule has 2 fully saturated rings. The topological polar surface area (TPSA) is 66.4 Å². The molecular weight excluding hydrogens is 182 g/mol. The number of rotatable bonds is 1. The summed E-state index contributed by atoms with van der Waals surface area (Å²) in [6.45, 7) is 1.74. The monoisotopic (exact) mass is 197 g/mol. The van der Waals surface area contributed by atoms with Gasteiger partial charge in [0.1, 0.15) is 5.78 Å². The van der Waals surface area contributed by atoms with E-state index in [2.05, 4.69) is 5.32 Å². The highest BCUT2D eigenvalue weighted by atomic mass is 16.3. The highest BCUT2D eigenvalue weighted by Crippen LogP contribution is 2.36. The van der Waals surface area contributed by atoms with Crippen molar-refractivity contribution in [3.05, 3.63) is 0 Å². The zero-order chi connectivity index (χ0) is 10.3. The standard InChI is InChI=1S/C10H15NO3/c1-2-10(14)7-5-6(11-9(10)13)3-4-8(7)12/h6-7,14H,2-5H2,1H3,(H,11,13). The lowest BCUT2D eigenvalue weighted by atomic mass is 9.69. The number of hydrogen-bond acceptors (Lipinski definition) is 3. The van der Waals surface area contributed by atoms with Crippen LogP contribution in [0.1, 0.15) is 32.6 Å². The Morgan fingerprint density at radius 2 is 2.29 bits per heavy atom. The molecule has 1 heterocycles. The van der Waals surface area contributed by atoms with Gasteiger partial charge in [-0.15, -0.1) is 0 Å². The Kier molecular flexibility index (Phi) is 2.10. The first-order chi connectivity index (χ1) is 6.58. The normalized spacial score (nSPS) is 42.1. The molecule has 2 rings (SSSR count). The smallest absolute Gasteiger partial charge is 0.252 e. The summed E-state index contributed by atoms with van der Waals surface area (Å²) < 4.78 is 0. The van der Waals surface area contributed by atoms with E-state index in [1.807, 2.05) is 0 Å². The lowest BCUT2D eigenvalue weighted by Gasteiger charge is -2.44. The summed E-state index contributed by atoms with van der Waals surface area (Å²) in [5, 5.41) is 12.9. The molecule has 0 spiro atoms. The van der Waals surface area contributed by atoms with E-state index >= 15 is 0 Å². The fourth-order valence-electron chi connectivity index (χ4n) is 2.49. The molecule has 0 aromatic rings. The molecule has 2 bridgehead atoms. The van der Waals surface area contributed by atoms with Crippen molar-refractivity contribution in [1.29, 1.82) is 0 Å². The summed E-state index contributed by atoms with van der Waals surface area (Å²) in [7, 11) is 0. The third kappa shape index (κ3) is 1.17. The van der Waals surface area contributed by atoms with E-state index in [4.69, 9.17) is 0 Å². The molecule has 0 aromatic heterocycles. The molecule has 2 aliphatic rings. The van der Waals surface area contributed by atoms with E-state index in [0.29, 0.717) is 19.3 Å². The van der Waals surface area contributed by atoms with Crippen LogP contribution in [-0.4, -0.2) is 28.4 Å². The summed E-state index contributed by atoms with van der Waals surface area (Å²) in [5.74, 6) is -0.797. The van der Waals surface area contributed by atoms with Crippen LogP contribution in [0.15, 0.2) is 0 Å². The van der Waals surface area contributed by atoms with Gasteiger partial charge in [0.25, 0.3) is 5.91 Å². The maximum atomic E-state index is 11.6. The predicted octanol–water partition coefficient (Wildman–Crippen LogP) is -0.00490. The number of fused-ring (bicyclic) bond motifs is 2. The lowest BCUT2D eigenvalue weighted by molar-refractivity contribution is -0.162. The summed E-state index contributed by atoms with van der Waals surface area (Å²) in [5.41, 5.74) is -1.45. The number of piperidine rings is 1. The summed E-state index contributed by atoms with van der Waals surface area (Å²) in [6.07, 6.45) is 2.12. The number of amides is 1. The molecule has 78 valence electrons. The van der Waals surface area contributed by atoms with Crippen molar-refractivity contribution in [2.45, 2.75) is 44.2 Å². The lowest BCUT2D eigenvalue weighted by Crippen LogP contribution is -2.64. The van der Waals surface area contributed by atoms with Gasteiger partial charge in [-0.1, -0.05) is 6.92 Å². The highest BCUT2D eigenvalue weighted by molar-refractivity contribution is 5.95. The van der Waals surface area contributed by atoms with Crippen molar-refractivity contribution in [2.24, 2.45) is 5.92 Å². The molecular formula is C10H15NO3. The van der Waals surface area contributed by atoms with Crippen molar-refractivity contribution in [3.63, 3.8) is 0 Å². The fourth-order valence-corrected chi connectivity index (χ4v) is 2.49. The van der Waals surface area contributed by atoms with Crippen LogP contribution in [0.25, 0.3) is 0 Å². The third-order valence-corrected chi connectivity index (χ3v) is 3.49. The zero-order valence-corrected chi connectivity index (χ0v) is 8.25. The predicted molar refractivity (Wildman–Crippen MR) is 49.5 cm³/mol. The number of carbonyl (C=O) groups excluding carboxylic acids is 2.